The average molecular weight is 384 g/mol. The van der Waals surface area contributed by atoms with Crippen molar-refractivity contribution in [2.24, 2.45) is 7.05 Å². The van der Waals surface area contributed by atoms with Crippen molar-refractivity contribution in [3.63, 3.8) is 0 Å². The van der Waals surface area contributed by atoms with Crippen molar-refractivity contribution in [2.45, 2.75) is 26.0 Å². The van der Waals surface area contributed by atoms with E-state index in [-0.39, 0.29) is 11.3 Å². The summed E-state index contributed by atoms with van der Waals surface area (Å²) in [7, 11) is 1.97. The minimum Gasteiger partial charge on any atom is -0.260 e. The molecule has 142 valence electrons. The number of rotatable bonds is 2. The third-order valence-electron chi connectivity index (χ3n) is 5.74. The molecule has 0 fully saturated rings. The number of aromatic nitrogens is 2. The molecule has 0 bridgehead atoms. The maximum Gasteiger partial charge on any atom is 0.212 e. The Balaban J connectivity index is 1.75. The monoisotopic (exact) mass is 383 g/mol. The molecule has 2 aromatic heterocycles. The van der Waals surface area contributed by atoms with E-state index < -0.39 is 19.1 Å². The van der Waals surface area contributed by atoms with E-state index in [2.05, 4.69) is 29.4 Å². The molecule has 0 saturated heterocycles. The summed E-state index contributed by atoms with van der Waals surface area (Å²) in [4.78, 5) is 4.33. The lowest BCUT2D eigenvalue weighted by Gasteiger charge is -2.21. The molecule has 0 amide bonds. The molecule has 5 rings (SSSR count). The van der Waals surface area contributed by atoms with Crippen molar-refractivity contribution in [2.75, 3.05) is 0 Å². The second kappa shape index (κ2) is 6.38. The zero-order valence-corrected chi connectivity index (χ0v) is 16.4. The Hall–Kier alpha value is -3.26. The summed E-state index contributed by atoms with van der Waals surface area (Å²) < 4.78 is 52.1. The molecular weight excluding hydrogens is 352 g/mol. The Bertz CT molecular complexity index is 1420. The first-order valence-electron chi connectivity index (χ1n) is 12.6. The molecule has 1 aliphatic rings. The first kappa shape index (κ1) is 12.3. The van der Waals surface area contributed by atoms with Crippen molar-refractivity contribution >= 4 is 0 Å². The summed E-state index contributed by atoms with van der Waals surface area (Å²) in [5.74, 6) is 0. The highest BCUT2D eigenvalue weighted by Crippen LogP contribution is 2.49. The molecule has 0 unspecified atom stereocenters. The summed E-state index contributed by atoms with van der Waals surface area (Å²) in [5, 5.41) is 0. The van der Waals surface area contributed by atoms with E-state index in [1.54, 1.807) is 18.2 Å². The van der Waals surface area contributed by atoms with Crippen LogP contribution in [-0.4, -0.2) is 4.98 Å². The summed E-state index contributed by atoms with van der Waals surface area (Å²) in [6.07, 6.45) is 3.52. The maximum absolute atomic E-state index is 8.35. The number of hydrogen-bond donors (Lipinski definition) is 0. The van der Waals surface area contributed by atoms with Crippen LogP contribution >= 0.6 is 0 Å². The Kier molecular flexibility index (Phi) is 2.71. The standard InChI is InChI=1S/C27H25N2/c1-18-15-24-23(21-11-8-14-28-26(21)27(24,2)3)16-22(18)25-13-12-20(17-29(25)4)19-9-6-5-7-10-19/h5-17H,1-4H3/q+1/i2D3,3D3. The lowest BCUT2D eigenvalue weighted by Crippen LogP contribution is -2.31. The third-order valence-corrected chi connectivity index (χ3v) is 5.74. The topological polar surface area (TPSA) is 16.8 Å². The number of hydrogen-bond acceptors (Lipinski definition) is 1. The number of fused-ring (bicyclic) bond motifs is 3. The van der Waals surface area contributed by atoms with Gasteiger partial charge in [-0.2, -0.15) is 0 Å². The molecule has 2 heteroatoms. The predicted octanol–water partition coefficient (Wildman–Crippen LogP) is 5.85. The van der Waals surface area contributed by atoms with Gasteiger partial charge in [0.25, 0.3) is 0 Å². The van der Waals surface area contributed by atoms with Crippen molar-refractivity contribution in [1.82, 2.24) is 4.98 Å². The van der Waals surface area contributed by atoms with Gasteiger partial charge in [0.1, 0.15) is 7.05 Å². The molecule has 0 aliphatic heterocycles. The van der Waals surface area contributed by atoms with E-state index in [9.17, 15) is 0 Å². The normalized spacial score (nSPS) is 17.7. The second-order valence-corrected chi connectivity index (χ2v) is 7.64. The lowest BCUT2D eigenvalue weighted by atomic mass is 9.83. The van der Waals surface area contributed by atoms with Crippen LogP contribution in [0.2, 0.25) is 0 Å². The van der Waals surface area contributed by atoms with Crippen LogP contribution in [0.1, 0.15) is 38.7 Å². The van der Waals surface area contributed by atoms with Crippen molar-refractivity contribution in [3.05, 3.63) is 95.9 Å². The summed E-state index contributed by atoms with van der Waals surface area (Å²) in [6.45, 7) is -3.74. The molecule has 2 heterocycles. The van der Waals surface area contributed by atoms with Crippen LogP contribution in [0.4, 0.5) is 0 Å². The highest BCUT2D eigenvalue weighted by atomic mass is 14.9. The lowest BCUT2D eigenvalue weighted by molar-refractivity contribution is -0.659. The van der Waals surface area contributed by atoms with Crippen LogP contribution in [0.15, 0.2) is 79.1 Å². The van der Waals surface area contributed by atoms with Gasteiger partial charge in [0, 0.05) is 42.6 Å². The Labute approximate surface area is 181 Å². The molecule has 1 aliphatic carbocycles. The van der Waals surface area contributed by atoms with Gasteiger partial charge in [-0.3, -0.25) is 4.98 Å². The van der Waals surface area contributed by atoms with Crippen molar-refractivity contribution in [3.8, 4) is 33.5 Å². The van der Waals surface area contributed by atoms with Gasteiger partial charge in [-0.15, -0.1) is 0 Å². The van der Waals surface area contributed by atoms with E-state index in [0.29, 0.717) is 11.1 Å². The molecule has 2 aromatic carbocycles. The Morgan fingerprint density at radius 1 is 0.862 bits per heavy atom. The summed E-state index contributed by atoms with van der Waals surface area (Å²) in [6, 6.07) is 21.3. The molecule has 0 saturated carbocycles. The van der Waals surface area contributed by atoms with E-state index in [1.807, 2.05) is 48.9 Å². The number of benzene rings is 2. The SMILES string of the molecule is [2H]C([2H])([2H])C1(C([2H])([2H])[2H])c2cc(C)c(-c3ccc(-c4ccccc4)c[n+]3C)cc2-c2cccnc21. The fourth-order valence-corrected chi connectivity index (χ4v) is 4.25. The van der Waals surface area contributed by atoms with Crippen LogP contribution in [0.25, 0.3) is 33.5 Å². The highest BCUT2D eigenvalue weighted by molar-refractivity contribution is 5.83. The molecule has 0 atom stereocenters. The van der Waals surface area contributed by atoms with Crippen LogP contribution < -0.4 is 4.57 Å². The van der Waals surface area contributed by atoms with Gasteiger partial charge in [-0.25, -0.2) is 4.57 Å². The third kappa shape index (κ3) is 2.71. The summed E-state index contributed by atoms with van der Waals surface area (Å²) in [5.41, 5.74) is 4.20. The van der Waals surface area contributed by atoms with Crippen LogP contribution in [0.3, 0.4) is 0 Å². The minimum atomic E-state index is -2.82. The van der Waals surface area contributed by atoms with E-state index >= 15 is 0 Å². The molecular formula is C27H25N2+. The van der Waals surface area contributed by atoms with E-state index in [0.717, 1.165) is 27.9 Å². The smallest absolute Gasteiger partial charge is 0.212 e. The molecule has 0 radical (unpaired) electrons. The molecule has 0 spiro atoms. The zero-order chi connectivity index (χ0) is 25.2. The molecule has 4 aromatic rings. The summed E-state index contributed by atoms with van der Waals surface area (Å²) >= 11 is 0. The number of nitrogens with zero attached hydrogens (tertiary/aromatic N) is 2. The van der Waals surface area contributed by atoms with Crippen LogP contribution in [0.5, 0.6) is 0 Å². The second-order valence-electron chi connectivity index (χ2n) is 7.64. The molecule has 29 heavy (non-hydrogen) atoms. The molecule has 2 nitrogen and oxygen atoms in total. The van der Waals surface area contributed by atoms with Gasteiger partial charge in [0.2, 0.25) is 5.69 Å². The van der Waals surface area contributed by atoms with Crippen LogP contribution in [-0.2, 0) is 12.5 Å². The molecule has 0 N–H and O–H groups in total. The van der Waals surface area contributed by atoms with Gasteiger partial charge in [0.05, 0.1) is 5.69 Å². The van der Waals surface area contributed by atoms with Gasteiger partial charge < -0.3 is 0 Å². The van der Waals surface area contributed by atoms with Gasteiger partial charge in [-0.1, -0.05) is 56.2 Å². The Morgan fingerprint density at radius 3 is 2.45 bits per heavy atom. The number of aryl methyl sites for hydroxylation is 2. The Morgan fingerprint density at radius 2 is 1.69 bits per heavy atom. The maximum atomic E-state index is 8.35. The largest absolute Gasteiger partial charge is 0.260 e. The van der Waals surface area contributed by atoms with Gasteiger partial charge >= 0.3 is 0 Å². The zero-order valence-electron chi connectivity index (χ0n) is 22.4. The van der Waals surface area contributed by atoms with E-state index in [1.165, 1.54) is 6.20 Å². The highest BCUT2D eigenvalue weighted by Gasteiger charge is 2.37. The fraction of sp³-hybridized carbons (Fsp3) is 0.185. The first-order valence-corrected chi connectivity index (χ1v) is 9.63. The van der Waals surface area contributed by atoms with Crippen molar-refractivity contribution < 1.29 is 12.8 Å². The average Bonchev–Trinajstić information content (AvgIpc) is 3.09. The number of pyridine rings is 2. The predicted molar refractivity (Wildman–Crippen MR) is 119 cm³/mol. The van der Waals surface area contributed by atoms with Gasteiger partial charge in [0.15, 0.2) is 6.20 Å². The fourth-order valence-electron chi connectivity index (χ4n) is 4.25. The quantitative estimate of drug-likeness (QED) is 0.397. The van der Waals surface area contributed by atoms with Crippen molar-refractivity contribution in [1.29, 1.82) is 0 Å². The minimum absolute atomic E-state index is 0.0929. The van der Waals surface area contributed by atoms with E-state index in [4.69, 9.17) is 8.22 Å². The first-order chi connectivity index (χ1) is 16.5. The van der Waals surface area contributed by atoms with Gasteiger partial charge in [-0.05, 0) is 47.4 Å². The van der Waals surface area contributed by atoms with Crippen LogP contribution in [0, 0.1) is 6.92 Å².